The van der Waals surface area contributed by atoms with Crippen LogP contribution >= 0.6 is 22.7 Å². The molecular formula is C48H27NO2S2. The van der Waals surface area contributed by atoms with Gasteiger partial charge in [0.2, 0.25) is 0 Å². The highest BCUT2D eigenvalue weighted by Crippen LogP contribution is 2.53. The maximum absolute atomic E-state index is 6.77. The summed E-state index contributed by atoms with van der Waals surface area (Å²) >= 11 is 3.77. The monoisotopic (exact) mass is 713 g/mol. The number of nitrogens with zero attached hydrogens (tertiary/aromatic N) is 1. The SMILES string of the molecule is c1ccc(-c2ccc(N(c3ccc4c(c3)oc3ccccc34)c3cccc4c3oc3ccccc34)c3c2sc2ccc4c5ccccc5sc4c23)cc1. The number of furan rings is 2. The van der Waals surface area contributed by atoms with E-state index in [1.165, 1.54) is 51.5 Å². The molecule has 248 valence electrons. The van der Waals surface area contributed by atoms with Crippen molar-refractivity contribution in [2.45, 2.75) is 0 Å². The van der Waals surface area contributed by atoms with E-state index >= 15 is 0 Å². The van der Waals surface area contributed by atoms with Gasteiger partial charge in [-0.3, -0.25) is 0 Å². The Labute approximate surface area is 311 Å². The molecule has 5 heteroatoms. The van der Waals surface area contributed by atoms with E-state index in [2.05, 4.69) is 150 Å². The van der Waals surface area contributed by atoms with Crippen molar-refractivity contribution in [1.29, 1.82) is 0 Å². The Hall–Kier alpha value is -6.40. The second-order valence-corrected chi connectivity index (χ2v) is 15.7. The molecule has 4 aromatic heterocycles. The molecule has 8 aromatic carbocycles. The smallest absolute Gasteiger partial charge is 0.159 e. The van der Waals surface area contributed by atoms with E-state index in [1.807, 2.05) is 40.9 Å². The van der Waals surface area contributed by atoms with Gasteiger partial charge in [-0.2, -0.15) is 0 Å². The van der Waals surface area contributed by atoms with Gasteiger partial charge in [0.15, 0.2) is 5.58 Å². The fraction of sp³-hybridized carbons (Fsp3) is 0. The summed E-state index contributed by atoms with van der Waals surface area (Å²) in [5.41, 5.74) is 8.98. The number of anilines is 3. The summed E-state index contributed by atoms with van der Waals surface area (Å²) in [6.07, 6.45) is 0. The number of hydrogen-bond acceptors (Lipinski definition) is 5. The number of fused-ring (bicyclic) bond motifs is 13. The van der Waals surface area contributed by atoms with E-state index in [4.69, 9.17) is 8.83 Å². The van der Waals surface area contributed by atoms with Crippen LogP contribution in [0.1, 0.15) is 0 Å². The Morgan fingerprint density at radius 1 is 0.396 bits per heavy atom. The van der Waals surface area contributed by atoms with Gasteiger partial charge in [0.1, 0.15) is 16.7 Å². The Morgan fingerprint density at radius 3 is 1.94 bits per heavy atom. The molecule has 0 N–H and O–H groups in total. The third kappa shape index (κ3) is 4.20. The first-order valence-electron chi connectivity index (χ1n) is 17.7. The summed E-state index contributed by atoms with van der Waals surface area (Å²) < 4.78 is 18.4. The van der Waals surface area contributed by atoms with E-state index in [9.17, 15) is 0 Å². The zero-order chi connectivity index (χ0) is 34.6. The van der Waals surface area contributed by atoms with Gasteiger partial charge in [0.25, 0.3) is 0 Å². The minimum atomic E-state index is 0.852. The Balaban J connectivity index is 1.24. The minimum Gasteiger partial charge on any atom is -0.456 e. The van der Waals surface area contributed by atoms with Gasteiger partial charge in [-0.1, -0.05) is 109 Å². The predicted octanol–water partition coefficient (Wildman–Crippen LogP) is 15.4. The van der Waals surface area contributed by atoms with Crippen molar-refractivity contribution in [1.82, 2.24) is 0 Å². The van der Waals surface area contributed by atoms with Crippen molar-refractivity contribution in [2.75, 3.05) is 4.90 Å². The van der Waals surface area contributed by atoms with Crippen molar-refractivity contribution in [2.24, 2.45) is 0 Å². The molecule has 0 saturated heterocycles. The minimum absolute atomic E-state index is 0.852. The molecule has 0 aliphatic carbocycles. The lowest BCUT2D eigenvalue weighted by Gasteiger charge is -2.27. The van der Waals surface area contributed by atoms with E-state index in [-0.39, 0.29) is 0 Å². The van der Waals surface area contributed by atoms with Crippen LogP contribution in [0.5, 0.6) is 0 Å². The normalized spacial score (nSPS) is 12.2. The van der Waals surface area contributed by atoms with Crippen molar-refractivity contribution < 1.29 is 8.83 Å². The molecule has 0 bridgehead atoms. The second-order valence-electron chi connectivity index (χ2n) is 13.6. The predicted molar refractivity (Wildman–Crippen MR) is 227 cm³/mol. The summed E-state index contributed by atoms with van der Waals surface area (Å²) in [6, 6.07) is 58.5. The van der Waals surface area contributed by atoms with Gasteiger partial charge < -0.3 is 13.7 Å². The van der Waals surface area contributed by atoms with Crippen LogP contribution in [0.2, 0.25) is 0 Å². The van der Waals surface area contributed by atoms with E-state index in [1.54, 1.807) is 0 Å². The van der Waals surface area contributed by atoms with Crippen molar-refractivity contribution in [3.8, 4) is 11.1 Å². The van der Waals surface area contributed by atoms with Gasteiger partial charge in [-0.25, -0.2) is 0 Å². The highest BCUT2D eigenvalue weighted by molar-refractivity contribution is 7.30. The number of rotatable bonds is 4. The van der Waals surface area contributed by atoms with Crippen LogP contribution in [0.3, 0.4) is 0 Å². The number of thiophene rings is 2. The summed E-state index contributed by atoms with van der Waals surface area (Å²) in [4.78, 5) is 2.40. The van der Waals surface area contributed by atoms with Crippen LogP contribution in [-0.2, 0) is 0 Å². The van der Waals surface area contributed by atoms with Gasteiger partial charge >= 0.3 is 0 Å². The second kappa shape index (κ2) is 11.1. The van der Waals surface area contributed by atoms with Crippen molar-refractivity contribution >= 4 is 124 Å². The molecule has 0 saturated carbocycles. The summed E-state index contributed by atoms with van der Waals surface area (Å²) in [5, 5.41) is 9.54. The van der Waals surface area contributed by atoms with Gasteiger partial charge in [0.05, 0.1) is 17.1 Å². The van der Waals surface area contributed by atoms with Crippen LogP contribution in [0.4, 0.5) is 17.1 Å². The van der Waals surface area contributed by atoms with Crippen molar-refractivity contribution in [3.63, 3.8) is 0 Å². The molecule has 0 radical (unpaired) electrons. The molecular weight excluding hydrogens is 687 g/mol. The standard InChI is InChI=1S/C48H27NO2S2/c1-2-11-28(12-3-1)30-23-25-37(44-45-43(53-47(30)44)26-24-36-34-15-6-9-20-42(34)52-48(36)45)49(29-21-22-33-31-13-4-7-18-39(31)50-41(33)27-29)38-17-10-16-35-32-14-5-8-19-40(32)51-46(35)38/h1-27H. The van der Waals surface area contributed by atoms with Gasteiger partial charge in [-0.15, -0.1) is 22.7 Å². The van der Waals surface area contributed by atoms with Crippen LogP contribution in [-0.4, -0.2) is 0 Å². The number of para-hydroxylation sites is 3. The molecule has 12 aromatic rings. The lowest BCUT2D eigenvalue weighted by molar-refractivity contribution is 0.667. The van der Waals surface area contributed by atoms with Gasteiger partial charge in [-0.05, 0) is 59.7 Å². The Morgan fingerprint density at radius 2 is 1.08 bits per heavy atom. The Kier molecular flexibility index (Phi) is 6.09. The zero-order valence-corrected chi connectivity index (χ0v) is 29.8. The first-order valence-corrected chi connectivity index (χ1v) is 19.4. The summed E-state index contributed by atoms with van der Waals surface area (Å²) in [7, 11) is 0. The van der Waals surface area contributed by atoms with Crippen molar-refractivity contribution in [3.05, 3.63) is 164 Å². The topological polar surface area (TPSA) is 29.5 Å². The first kappa shape index (κ1) is 29.2. The average molecular weight is 714 g/mol. The lowest BCUT2D eigenvalue weighted by atomic mass is 9.99. The molecule has 0 aliphatic rings. The summed E-state index contributed by atoms with van der Waals surface area (Å²) in [6.45, 7) is 0. The summed E-state index contributed by atoms with van der Waals surface area (Å²) in [5.74, 6) is 0. The van der Waals surface area contributed by atoms with Crippen LogP contribution < -0.4 is 4.90 Å². The first-order chi connectivity index (χ1) is 26.3. The molecule has 53 heavy (non-hydrogen) atoms. The Bertz CT molecular complexity index is 3420. The van der Waals surface area contributed by atoms with Crippen LogP contribution in [0.15, 0.2) is 173 Å². The van der Waals surface area contributed by atoms with Crippen LogP contribution in [0.25, 0.3) is 95.3 Å². The molecule has 0 fully saturated rings. The maximum atomic E-state index is 6.77. The number of hydrogen-bond donors (Lipinski definition) is 0. The third-order valence-electron chi connectivity index (χ3n) is 10.7. The van der Waals surface area contributed by atoms with Crippen LogP contribution in [0, 0.1) is 0 Å². The van der Waals surface area contributed by atoms with Gasteiger partial charge in [0, 0.05) is 68.0 Å². The molecule has 0 amide bonds. The zero-order valence-electron chi connectivity index (χ0n) is 28.2. The molecule has 3 nitrogen and oxygen atoms in total. The quantitative estimate of drug-likeness (QED) is 0.182. The molecule has 0 atom stereocenters. The highest BCUT2D eigenvalue weighted by atomic mass is 32.1. The molecule has 0 unspecified atom stereocenters. The van der Waals surface area contributed by atoms with E-state index in [0.717, 1.165) is 60.9 Å². The molecule has 4 heterocycles. The molecule has 12 rings (SSSR count). The average Bonchev–Trinajstić information content (AvgIpc) is 3.98. The highest BCUT2D eigenvalue weighted by Gasteiger charge is 2.26. The molecule has 0 aliphatic heterocycles. The fourth-order valence-corrected chi connectivity index (χ4v) is 10.9. The number of benzene rings is 8. The maximum Gasteiger partial charge on any atom is 0.159 e. The lowest BCUT2D eigenvalue weighted by Crippen LogP contribution is -2.10. The largest absolute Gasteiger partial charge is 0.456 e. The van der Waals surface area contributed by atoms with E-state index in [0.29, 0.717) is 0 Å². The fourth-order valence-electron chi connectivity index (χ4n) is 8.32. The molecule has 0 spiro atoms. The van der Waals surface area contributed by atoms with E-state index < -0.39 is 0 Å². The third-order valence-corrected chi connectivity index (χ3v) is 13.1.